The first kappa shape index (κ1) is 15.9. The molecule has 1 aliphatic rings. The van der Waals surface area contributed by atoms with Crippen LogP contribution in [0.1, 0.15) is 18.1 Å². The molecule has 1 atom stereocenters. The van der Waals surface area contributed by atoms with Crippen LogP contribution < -0.4 is 10.6 Å². The number of hydrogen-bond donors (Lipinski definition) is 2. The molecule has 0 aromatic heterocycles. The van der Waals surface area contributed by atoms with E-state index in [1.54, 1.807) is 42.6 Å². The second-order valence-corrected chi connectivity index (χ2v) is 5.41. The highest BCUT2D eigenvalue weighted by Gasteiger charge is 2.39. The van der Waals surface area contributed by atoms with Gasteiger partial charge in [-0.1, -0.05) is 30.3 Å². The zero-order valence-electron chi connectivity index (χ0n) is 12.9. The average molecular weight is 325 g/mol. The lowest BCUT2D eigenvalue weighted by atomic mass is 9.84. The van der Waals surface area contributed by atoms with Crippen LogP contribution in [-0.4, -0.2) is 5.91 Å². The molecule has 1 radical (unpaired) electrons. The first-order valence-electron chi connectivity index (χ1n) is 7.39. The maximum atomic E-state index is 14.3. The number of nitrogens with one attached hydrogen (secondary N) is 2. The standard InChI is InChI=1S/C19H15F2N2O/c1-13(24)23-19(14-8-10-15(20)11-9-14)17(6-4-12-22-19)16-5-2-3-7-18(16)21/h2-5,7-12,22H,1H3,(H,23,24). The predicted octanol–water partition coefficient (Wildman–Crippen LogP) is 3.26. The molecule has 0 aliphatic carbocycles. The van der Waals surface area contributed by atoms with Crippen molar-refractivity contribution in [3.05, 3.63) is 89.6 Å². The van der Waals surface area contributed by atoms with Crippen molar-refractivity contribution < 1.29 is 13.6 Å². The summed E-state index contributed by atoms with van der Waals surface area (Å²) in [6, 6.07) is 11.9. The van der Waals surface area contributed by atoms with Crippen LogP contribution in [0.3, 0.4) is 0 Å². The zero-order valence-corrected chi connectivity index (χ0v) is 12.9. The molecule has 1 amide bonds. The lowest BCUT2D eigenvalue weighted by Crippen LogP contribution is -2.55. The Hall–Kier alpha value is -2.95. The highest BCUT2D eigenvalue weighted by molar-refractivity contribution is 5.83. The van der Waals surface area contributed by atoms with Crippen LogP contribution in [0.25, 0.3) is 5.57 Å². The van der Waals surface area contributed by atoms with Crippen molar-refractivity contribution in [1.82, 2.24) is 10.6 Å². The fraction of sp³-hybridized carbons (Fsp3) is 0.105. The molecule has 0 bridgehead atoms. The second-order valence-electron chi connectivity index (χ2n) is 5.41. The molecule has 0 fully saturated rings. The smallest absolute Gasteiger partial charge is 0.219 e. The Labute approximate surface area is 138 Å². The number of hydrogen-bond acceptors (Lipinski definition) is 2. The summed E-state index contributed by atoms with van der Waals surface area (Å²) in [6.07, 6.45) is 6.21. The summed E-state index contributed by atoms with van der Waals surface area (Å²) >= 11 is 0. The number of carbonyl (C=O) groups is 1. The van der Waals surface area contributed by atoms with Gasteiger partial charge in [-0.2, -0.15) is 0 Å². The van der Waals surface area contributed by atoms with Gasteiger partial charge in [0.15, 0.2) is 5.66 Å². The van der Waals surface area contributed by atoms with Crippen LogP contribution in [-0.2, 0) is 10.5 Å². The Bertz CT molecular complexity index is 828. The van der Waals surface area contributed by atoms with Crippen LogP contribution in [0, 0.1) is 17.7 Å². The van der Waals surface area contributed by atoms with Crippen LogP contribution in [0.2, 0.25) is 0 Å². The van der Waals surface area contributed by atoms with Crippen molar-refractivity contribution in [1.29, 1.82) is 0 Å². The van der Waals surface area contributed by atoms with Crippen molar-refractivity contribution in [3.63, 3.8) is 0 Å². The van der Waals surface area contributed by atoms with Crippen LogP contribution in [0.5, 0.6) is 0 Å². The average Bonchev–Trinajstić information content (AvgIpc) is 2.56. The minimum Gasteiger partial charge on any atom is -0.361 e. The minimum absolute atomic E-state index is 0.299. The number of dihydropyridines is 1. The molecule has 5 heteroatoms. The number of benzene rings is 2. The molecule has 1 heterocycles. The predicted molar refractivity (Wildman–Crippen MR) is 87.2 cm³/mol. The summed E-state index contributed by atoms with van der Waals surface area (Å²) in [6.45, 7) is 1.37. The van der Waals surface area contributed by atoms with Gasteiger partial charge in [0.05, 0.1) is 0 Å². The van der Waals surface area contributed by atoms with E-state index in [0.29, 0.717) is 16.7 Å². The van der Waals surface area contributed by atoms with Gasteiger partial charge in [0, 0.05) is 23.6 Å². The van der Waals surface area contributed by atoms with Gasteiger partial charge in [0.25, 0.3) is 0 Å². The summed E-state index contributed by atoms with van der Waals surface area (Å²) in [4.78, 5) is 11.8. The number of allylic oxidation sites excluding steroid dienone is 2. The molecule has 3 rings (SSSR count). The van der Waals surface area contributed by atoms with Gasteiger partial charge in [-0.3, -0.25) is 4.79 Å². The Balaban J connectivity index is 2.21. The van der Waals surface area contributed by atoms with E-state index < -0.39 is 17.3 Å². The normalized spacial score (nSPS) is 19.4. The SMILES string of the molecule is CC(=O)NC1(c2ccc(F)cc2)NC=C[C]=C1c1ccccc1F. The minimum atomic E-state index is -1.24. The number of carbonyl (C=O) groups excluding carboxylic acids is 1. The molecule has 24 heavy (non-hydrogen) atoms. The molecule has 1 aliphatic heterocycles. The summed E-state index contributed by atoms with van der Waals surface area (Å²) in [5.41, 5.74) is 0.0303. The molecular weight excluding hydrogens is 310 g/mol. The van der Waals surface area contributed by atoms with Gasteiger partial charge in [-0.05, 0) is 36.6 Å². The summed E-state index contributed by atoms with van der Waals surface area (Å²) < 4.78 is 27.7. The van der Waals surface area contributed by atoms with E-state index in [0.717, 1.165) is 0 Å². The van der Waals surface area contributed by atoms with Gasteiger partial charge >= 0.3 is 0 Å². The molecular formula is C19H15F2N2O. The fourth-order valence-electron chi connectivity index (χ4n) is 2.78. The van der Waals surface area contributed by atoms with Crippen molar-refractivity contribution >= 4 is 11.5 Å². The maximum absolute atomic E-state index is 14.3. The topological polar surface area (TPSA) is 41.1 Å². The van der Waals surface area contributed by atoms with Gasteiger partial charge in [-0.15, -0.1) is 0 Å². The Morgan fingerprint density at radius 2 is 1.83 bits per heavy atom. The largest absolute Gasteiger partial charge is 0.361 e. The van der Waals surface area contributed by atoms with Crippen LogP contribution >= 0.6 is 0 Å². The third-order valence-electron chi connectivity index (χ3n) is 3.77. The molecule has 2 aromatic rings. The van der Waals surface area contributed by atoms with Crippen molar-refractivity contribution in [3.8, 4) is 0 Å². The monoisotopic (exact) mass is 325 g/mol. The lowest BCUT2D eigenvalue weighted by molar-refractivity contribution is -0.120. The van der Waals surface area contributed by atoms with E-state index in [2.05, 4.69) is 16.7 Å². The summed E-state index contributed by atoms with van der Waals surface area (Å²) in [7, 11) is 0. The van der Waals surface area contributed by atoms with Crippen LogP contribution in [0.15, 0.2) is 60.8 Å². The number of halogens is 2. The number of rotatable bonds is 3. The quantitative estimate of drug-likeness (QED) is 0.909. The molecule has 2 N–H and O–H groups in total. The van der Waals surface area contributed by atoms with Gasteiger partial charge in [-0.25, -0.2) is 8.78 Å². The van der Waals surface area contributed by atoms with E-state index >= 15 is 0 Å². The molecule has 121 valence electrons. The highest BCUT2D eigenvalue weighted by atomic mass is 19.1. The summed E-state index contributed by atoms with van der Waals surface area (Å²) in [5.74, 6) is -1.16. The molecule has 1 unspecified atom stereocenters. The lowest BCUT2D eigenvalue weighted by Gasteiger charge is -2.39. The van der Waals surface area contributed by atoms with E-state index in [9.17, 15) is 13.6 Å². The second kappa shape index (κ2) is 6.28. The Kier molecular flexibility index (Phi) is 4.16. The number of amides is 1. The highest BCUT2D eigenvalue weighted by Crippen LogP contribution is 2.37. The Morgan fingerprint density at radius 3 is 2.50 bits per heavy atom. The van der Waals surface area contributed by atoms with Crippen molar-refractivity contribution in [2.45, 2.75) is 12.6 Å². The molecule has 0 saturated heterocycles. The summed E-state index contributed by atoms with van der Waals surface area (Å²) in [5, 5.41) is 5.89. The molecule has 3 nitrogen and oxygen atoms in total. The molecule has 0 saturated carbocycles. The Morgan fingerprint density at radius 1 is 1.12 bits per heavy atom. The first-order valence-corrected chi connectivity index (χ1v) is 7.39. The fourth-order valence-corrected chi connectivity index (χ4v) is 2.78. The van der Waals surface area contributed by atoms with Crippen LogP contribution in [0.4, 0.5) is 8.78 Å². The van der Waals surface area contributed by atoms with Crippen molar-refractivity contribution in [2.75, 3.05) is 0 Å². The van der Waals surface area contributed by atoms with Gasteiger partial charge in [0.1, 0.15) is 11.6 Å². The third kappa shape index (κ3) is 2.80. The molecule has 2 aromatic carbocycles. The van der Waals surface area contributed by atoms with Crippen molar-refractivity contribution in [2.24, 2.45) is 0 Å². The van der Waals surface area contributed by atoms with E-state index in [4.69, 9.17) is 0 Å². The zero-order chi connectivity index (χ0) is 17.2. The van der Waals surface area contributed by atoms with E-state index in [-0.39, 0.29) is 5.91 Å². The maximum Gasteiger partial charge on any atom is 0.219 e. The third-order valence-corrected chi connectivity index (χ3v) is 3.77. The first-order chi connectivity index (χ1) is 11.5. The molecule has 0 spiro atoms. The van der Waals surface area contributed by atoms with Gasteiger partial charge < -0.3 is 10.6 Å². The van der Waals surface area contributed by atoms with E-state index in [1.807, 2.05) is 0 Å². The van der Waals surface area contributed by atoms with E-state index in [1.165, 1.54) is 25.1 Å². The van der Waals surface area contributed by atoms with Gasteiger partial charge in [0.2, 0.25) is 5.91 Å².